The third-order valence-corrected chi connectivity index (χ3v) is 4.33. The highest BCUT2D eigenvalue weighted by Crippen LogP contribution is 2.54. The summed E-state index contributed by atoms with van der Waals surface area (Å²) in [7, 11) is 0. The molecule has 0 radical (unpaired) electrons. The van der Waals surface area contributed by atoms with Crippen LogP contribution in [-0.4, -0.2) is 0 Å². The van der Waals surface area contributed by atoms with Crippen LogP contribution < -0.4 is 0 Å². The van der Waals surface area contributed by atoms with Crippen LogP contribution in [0.4, 0.5) is 0 Å². The second kappa shape index (κ2) is 3.05. The third-order valence-electron chi connectivity index (χ3n) is 4.33. The Hall–Kier alpha value is 0. The van der Waals surface area contributed by atoms with E-state index >= 15 is 0 Å². The molecule has 0 N–H and O–H groups in total. The highest BCUT2D eigenvalue weighted by molar-refractivity contribution is 4.92. The van der Waals surface area contributed by atoms with Crippen LogP contribution in [0.1, 0.15) is 58.8 Å². The van der Waals surface area contributed by atoms with E-state index in [0.717, 1.165) is 17.3 Å². The van der Waals surface area contributed by atoms with Crippen LogP contribution in [0, 0.1) is 17.3 Å². The van der Waals surface area contributed by atoms with Gasteiger partial charge in [-0.2, -0.15) is 0 Å². The van der Waals surface area contributed by atoms with Crippen LogP contribution in [0.15, 0.2) is 0 Å². The van der Waals surface area contributed by atoms with Crippen molar-refractivity contribution in [3.63, 3.8) is 0 Å². The Morgan fingerprint density at radius 2 is 1.75 bits per heavy atom. The van der Waals surface area contributed by atoms with Gasteiger partial charge >= 0.3 is 0 Å². The van der Waals surface area contributed by atoms with Crippen molar-refractivity contribution < 1.29 is 0 Å². The smallest absolute Gasteiger partial charge is 0.0295 e. The first-order valence-corrected chi connectivity index (χ1v) is 5.72. The Bertz CT molecular complexity index is 153. The minimum atomic E-state index is 0.854. The molecule has 2 aliphatic rings. The monoisotopic (exact) mass is 166 g/mol. The molecule has 12 heavy (non-hydrogen) atoms. The summed E-state index contributed by atoms with van der Waals surface area (Å²) >= 11 is 0. The highest BCUT2D eigenvalue weighted by atomic mass is 14.5. The van der Waals surface area contributed by atoms with E-state index in [1.807, 2.05) is 0 Å². The zero-order chi connectivity index (χ0) is 8.60. The van der Waals surface area contributed by atoms with Gasteiger partial charge in [0.25, 0.3) is 0 Å². The lowest BCUT2D eigenvalue weighted by Crippen LogP contribution is -2.36. The molecule has 0 aromatic heterocycles. The minimum absolute atomic E-state index is 0.854. The van der Waals surface area contributed by atoms with E-state index in [1.54, 1.807) is 25.7 Å². The Kier molecular flexibility index (Phi) is 2.18. The van der Waals surface area contributed by atoms with Crippen molar-refractivity contribution in [2.24, 2.45) is 17.3 Å². The molecule has 0 aliphatic heterocycles. The fourth-order valence-electron chi connectivity index (χ4n) is 3.20. The van der Waals surface area contributed by atoms with Crippen molar-refractivity contribution in [1.82, 2.24) is 0 Å². The maximum absolute atomic E-state index is 2.41. The molecule has 2 saturated carbocycles. The lowest BCUT2D eigenvalue weighted by Gasteiger charge is -2.48. The van der Waals surface area contributed by atoms with Gasteiger partial charge in [-0.05, 0) is 42.9 Å². The summed E-state index contributed by atoms with van der Waals surface area (Å²) in [5.41, 5.74) is 0.854. The number of hydrogen-bond donors (Lipinski definition) is 0. The first-order chi connectivity index (χ1) is 5.72. The van der Waals surface area contributed by atoms with Crippen LogP contribution >= 0.6 is 0 Å². The van der Waals surface area contributed by atoms with Gasteiger partial charge in [0.15, 0.2) is 0 Å². The van der Waals surface area contributed by atoms with E-state index in [1.165, 1.54) is 19.3 Å². The van der Waals surface area contributed by atoms with Crippen molar-refractivity contribution in [2.45, 2.75) is 58.8 Å². The van der Waals surface area contributed by atoms with E-state index in [0.29, 0.717) is 0 Å². The number of hydrogen-bond acceptors (Lipinski definition) is 0. The molecule has 0 heteroatoms. The van der Waals surface area contributed by atoms with Crippen molar-refractivity contribution in [1.29, 1.82) is 0 Å². The van der Waals surface area contributed by atoms with Gasteiger partial charge in [-0.3, -0.25) is 0 Å². The molecule has 1 atom stereocenters. The zero-order valence-electron chi connectivity index (χ0n) is 8.60. The molecule has 2 rings (SSSR count). The maximum Gasteiger partial charge on any atom is -0.0295 e. The van der Waals surface area contributed by atoms with E-state index < -0.39 is 0 Å². The lowest BCUT2D eigenvalue weighted by atomic mass is 9.57. The van der Waals surface area contributed by atoms with Crippen LogP contribution in [0.2, 0.25) is 0 Å². The van der Waals surface area contributed by atoms with Crippen LogP contribution in [0.5, 0.6) is 0 Å². The van der Waals surface area contributed by atoms with Gasteiger partial charge in [-0.25, -0.2) is 0 Å². The molecule has 0 heterocycles. The van der Waals surface area contributed by atoms with Crippen LogP contribution in [0.25, 0.3) is 0 Å². The van der Waals surface area contributed by atoms with Crippen LogP contribution in [-0.2, 0) is 0 Å². The predicted molar refractivity (Wildman–Crippen MR) is 53.1 cm³/mol. The van der Waals surface area contributed by atoms with E-state index in [4.69, 9.17) is 0 Å². The molecule has 0 saturated heterocycles. The van der Waals surface area contributed by atoms with Crippen molar-refractivity contribution in [3.8, 4) is 0 Å². The molecule has 1 spiro atoms. The third kappa shape index (κ3) is 1.41. The van der Waals surface area contributed by atoms with Crippen molar-refractivity contribution in [2.75, 3.05) is 0 Å². The summed E-state index contributed by atoms with van der Waals surface area (Å²) in [5.74, 6) is 1.99. The van der Waals surface area contributed by atoms with Gasteiger partial charge < -0.3 is 0 Å². The molecule has 0 nitrogen and oxygen atoms in total. The van der Waals surface area contributed by atoms with Gasteiger partial charge in [0.1, 0.15) is 0 Å². The normalized spacial score (nSPS) is 33.8. The topological polar surface area (TPSA) is 0 Å². The number of rotatable bonds is 1. The van der Waals surface area contributed by atoms with E-state index in [2.05, 4.69) is 13.8 Å². The van der Waals surface area contributed by atoms with Gasteiger partial charge in [0, 0.05) is 0 Å². The minimum Gasteiger partial charge on any atom is -0.0625 e. The summed E-state index contributed by atoms with van der Waals surface area (Å²) in [4.78, 5) is 0. The molecule has 0 bridgehead atoms. The van der Waals surface area contributed by atoms with Gasteiger partial charge in [0.05, 0.1) is 0 Å². The molecule has 0 amide bonds. The highest BCUT2D eigenvalue weighted by Gasteiger charge is 2.41. The second-order valence-corrected chi connectivity index (χ2v) is 5.45. The second-order valence-electron chi connectivity index (χ2n) is 5.45. The fraction of sp³-hybridized carbons (Fsp3) is 1.00. The Labute approximate surface area is 76.7 Å². The first-order valence-electron chi connectivity index (χ1n) is 5.72. The first kappa shape index (κ1) is 8.59. The average Bonchev–Trinajstić information content (AvgIpc) is 2.02. The molecular formula is C12H22. The maximum atomic E-state index is 2.41. The molecular weight excluding hydrogens is 144 g/mol. The van der Waals surface area contributed by atoms with Crippen molar-refractivity contribution >= 4 is 0 Å². The Morgan fingerprint density at radius 1 is 1.08 bits per heavy atom. The molecule has 0 aromatic carbocycles. The summed E-state index contributed by atoms with van der Waals surface area (Å²) < 4.78 is 0. The Morgan fingerprint density at radius 3 is 2.25 bits per heavy atom. The largest absolute Gasteiger partial charge is 0.0625 e. The molecule has 70 valence electrons. The van der Waals surface area contributed by atoms with Gasteiger partial charge in [-0.15, -0.1) is 0 Å². The molecule has 2 fully saturated rings. The van der Waals surface area contributed by atoms with Crippen molar-refractivity contribution in [3.05, 3.63) is 0 Å². The molecule has 1 unspecified atom stereocenters. The van der Waals surface area contributed by atoms with E-state index in [9.17, 15) is 0 Å². The summed E-state index contributed by atoms with van der Waals surface area (Å²) in [5, 5.41) is 0. The fourth-order valence-corrected chi connectivity index (χ4v) is 3.20. The average molecular weight is 166 g/mol. The van der Waals surface area contributed by atoms with Crippen LogP contribution in [0.3, 0.4) is 0 Å². The SMILES string of the molecule is CC(C)C1CCCC2(CCC2)C1. The molecule has 0 aromatic rings. The summed E-state index contributed by atoms with van der Waals surface area (Å²) in [6, 6.07) is 0. The lowest BCUT2D eigenvalue weighted by molar-refractivity contribution is 0.0325. The van der Waals surface area contributed by atoms with E-state index in [-0.39, 0.29) is 0 Å². The Balaban J connectivity index is 1.94. The zero-order valence-corrected chi connectivity index (χ0v) is 8.60. The quantitative estimate of drug-likeness (QED) is 0.552. The molecule has 2 aliphatic carbocycles. The summed E-state index contributed by atoms with van der Waals surface area (Å²) in [6.45, 7) is 4.81. The standard InChI is InChI=1S/C12H22/c1-10(2)11-5-3-6-12(9-11)7-4-8-12/h10-11H,3-9H2,1-2H3. The predicted octanol–water partition coefficient (Wildman–Crippen LogP) is 4.00. The van der Waals surface area contributed by atoms with Gasteiger partial charge in [-0.1, -0.05) is 33.1 Å². The summed E-state index contributed by atoms with van der Waals surface area (Å²) in [6.07, 6.45) is 10.8. The van der Waals surface area contributed by atoms with Gasteiger partial charge in [0.2, 0.25) is 0 Å².